The number of aromatic hydroxyl groups is 1. The number of imide groups is 1. The largest absolute Gasteiger partial charge is 0.507 e. The minimum atomic E-state index is -0.758. The van der Waals surface area contributed by atoms with Crippen LogP contribution >= 0.6 is 43.5 Å². The topological polar surface area (TPSA) is 114 Å². The molecule has 3 aliphatic rings. The standard InChI is InChI=1S/C33H23Br2ClN2O6/c34-28-20-12-21(29(28)35)27-26(20)31(41)38(32(27)42)16-10-8-15(9-11-16)23-13-19(17-5-3-6-22(36)30(17)37-23)33(43)44-14-25(40)18-4-1-2-7-24(18)39/h1-11,13,20-21,26-29,39H,12,14H2. The van der Waals surface area contributed by atoms with E-state index in [0.717, 1.165) is 6.42 Å². The van der Waals surface area contributed by atoms with Gasteiger partial charge in [-0.3, -0.25) is 19.3 Å². The van der Waals surface area contributed by atoms with E-state index in [4.69, 9.17) is 21.3 Å². The summed E-state index contributed by atoms with van der Waals surface area (Å²) in [6, 6.07) is 19.5. The number of para-hydroxylation sites is 2. The van der Waals surface area contributed by atoms with Crippen molar-refractivity contribution in [2.45, 2.75) is 16.1 Å². The number of carbonyl (C=O) groups is 4. The van der Waals surface area contributed by atoms with Crippen LogP contribution in [0.3, 0.4) is 0 Å². The van der Waals surface area contributed by atoms with E-state index in [1.54, 1.807) is 60.7 Å². The highest BCUT2D eigenvalue weighted by Gasteiger charge is 2.66. The smallest absolute Gasteiger partial charge is 0.339 e. The van der Waals surface area contributed by atoms with E-state index >= 15 is 0 Å². The van der Waals surface area contributed by atoms with Crippen LogP contribution in [0.5, 0.6) is 5.75 Å². The van der Waals surface area contributed by atoms with Crippen LogP contribution in [0.25, 0.3) is 22.2 Å². The van der Waals surface area contributed by atoms with E-state index in [1.165, 1.54) is 17.0 Å². The normalized spacial score (nSPS) is 25.5. The van der Waals surface area contributed by atoms with Crippen LogP contribution in [-0.2, 0) is 14.3 Å². The number of pyridine rings is 1. The van der Waals surface area contributed by atoms with Crippen LogP contribution in [0.4, 0.5) is 5.69 Å². The van der Waals surface area contributed by atoms with Crippen molar-refractivity contribution in [3.63, 3.8) is 0 Å². The van der Waals surface area contributed by atoms with Gasteiger partial charge in [0.05, 0.1) is 44.9 Å². The number of nitrogens with zero attached hydrogens (tertiary/aromatic N) is 2. The van der Waals surface area contributed by atoms with Gasteiger partial charge in [0.15, 0.2) is 6.61 Å². The zero-order chi connectivity index (χ0) is 30.9. The molecule has 2 amide bonds. The van der Waals surface area contributed by atoms with Crippen molar-refractivity contribution in [2.24, 2.45) is 23.7 Å². The molecule has 6 atom stereocenters. The van der Waals surface area contributed by atoms with Crippen LogP contribution in [0.2, 0.25) is 5.02 Å². The van der Waals surface area contributed by atoms with Crippen LogP contribution in [-0.4, -0.2) is 49.9 Å². The lowest BCUT2D eigenvalue weighted by Crippen LogP contribution is -2.37. The van der Waals surface area contributed by atoms with Gasteiger partial charge in [0, 0.05) is 20.6 Å². The number of carbonyl (C=O) groups excluding carboxylic acids is 4. The summed E-state index contributed by atoms with van der Waals surface area (Å²) in [4.78, 5) is 59.1. The van der Waals surface area contributed by atoms with Crippen LogP contribution in [0.1, 0.15) is 27.1 Å². The average molecular weight is 739 g/mol. The Hall–Kier alpha value is -3.60. The number of ether oxygens (including phenoxy) is 1. The van der Waals surface area contributed by atoms with E-state index in [1.807, 2.05) is 0 Å². The van der Waals surface area contributed by atoms with Gasteiger partial charge < -0.3 is 9.84 Å². The van der Waals surface area contributed by atoms with Gasteiger partial charge in [-0.15, -0.1) is 0 Å². The molecule has 6 unspecified atom stereocenters. The number of fused-ring (bicyclic) bond motifs is 6. The molecule has 2 bridgehead atoms. The number of ketones is 1. The highest BCUT2D eigenvalue weighted by molar-refractivity contribution is 9.12. The second-order valence-corrected chi connectivity index (χ2v) is 13.8. The van der Waals surface area contributed by atoms with Crippen LogP contribution in [0, 0.1) is 23.7 Å². The molecule has 2 saturated carbocycles. The summed E-state index contributed by atoms with van der Waals surface area (Å²) in [6.07, 6.45) is 0.856. The fourth-order valence-corrected chi connectivity index (χ4v) is 9.00. The summed E-state index contributed by atoms with van der Waals surface area (Å²) in [5.74, 6) is -2.24. The van der Waals surface area contributed by atoms with Crippen molar-refractivity contribution in [1.82, 2.24) is 4.98 Å². The molecule has 4 aromatic rings. The Bertz CT molecular complexity index is 1850. The van der Waals surface area contributed by atoms with Crippen molar-refractivity contribution < 1.29 is 29.0 Å². The summed E-state index contributed by atoms with van der Waals surface area (Å²) >= 11 is 13.9. The van der Waals surface area contributed by atoms with Gasteiger partial charge in [0.25, 0.3) is 0 Å². The number of phenols is 1. The third-order valence-electron chi connectivity index (χ3n) is 8.96. The highest BCUT2D eigenvalue weighted by atomic mass is 79.9. The van der Waals surface area contributed by atoms with Gasteiger partial charge in [-0.05, 0) is 54.7 Å². The summed E-state index contributed by atoms with van der Waals surface area (Å²) in [6.45, 7) is -0.571. The monoisotopic (exact) mass is 736 g/mol. The van der Waals surface area contributed by atoms with E-state index < -0.39 is 18.4 Å². The number of esters is 1. The summed E-state index contributed by atoms with van der Waals surface area (Å²) in [7, 11) is 0. The number of amides is 2. The number of alkyl halides is 2. The van der Waals surface area contributed by atoms with Gasteiger partial charge >= 0.3 is 5.97 Å². The number of aromatic nitrogens is 1. The molecule has 11 heteroatoms. The van der Waals surface area contributed by atoms with E-state index in [0.29, 0.717) is 32.9 Å². The first-order valence-corrected chi connectivity index (χ1v) is 16.2. The minimum absolute atomic E-state index is 0.0500. The molecule has 44 heavy (non-hydrogen) atoms. The molecule has 0 spiro atoms. The second-order valence-electron chi connectivity index (χ2n) is 11.3. The first kappa shape index (κ1) is 29.1. The summed E-state index contributed by atoms with van der Waals surface area (Å²) in [5, 5.41) is 10.7. The van der Waals surface area contributed by atoms with Crippen LogP contribution in [0.15, 0.2) is 72.8 Å². The van der Waals surface area contributed by atoms with Crippen molar-refractivity contribution in [2.75, 3.05) is 11.5 Å². The number of rotatable bonds is 6. The number of hydrogen-bond donors (Lipinski definition) is 1. The Morgan fingerprint density at radius 2 is 1.57 bits per heavy atom. The summed E-state index contributed by atoms with van der Waals surface area (Å²) in [5.41, 5.74) is 2.09. The lowest BCUT2D eigenvalue weighted by molar-refractivity contribution is -0.123. The Kier molecular flexibility index (Phi) is 7.34. The summed E-state index contributed by atoms with van der Waals surface area (Å²) < 4.78 is 5.36. The van der Waals surface area contributed by atoms with Gasteiger partial charge in [0.1, 0.15) is 5.75 Å². The van der Waals surface area contributed by atoms with E-state index in [9.17, 15) is 24.3 Å². The zero-order valence-corrected chi connectivity index (χ0v) is 26.8. The maximum Gasteiger partial charge on any atom is 0.339 e. The van der Waals surface area contributed by atoms with Gasteiger partial charge in [0.2, 0.25) is 17.6 Å². The molecular formula is C33H23Br2ClN2O6. The van der Waals surface area contributed by atoms with Gasteiger partial charge in [-0.1, -0.05) is 79.9 Å². The lowest BCUT2D eigenvalue weighted by atomic mass is 9.81. The molecule has 3 fully saturated rings. The lowest BCUT2D eigenvalue weighted by Gasteiger charge is -2.28. The Morgan fingerprint density at radius 3 is 2.23 bits per heavy atom. The first-order valence-electron chi connectivity index (χ1n) is 14.0. The molecular weight excluding hydrogens is 716 g/mol. The number of halogens is 3. The third-order valence-corrected chi connectivity index (χ3v) is 12.5. The zero-order valence-electron chi connectivity index (χ0n) is 22.8. The second kappa shape index (κ2) is 11.1. The number of hydrogen-bond acceptors (Lipinski definition) is 7. The molecule has 1 N–H and O–H groups in total. The van der Waals surface area contributed by atoms with E-state index in [-0.39, 0.29) is 62.0 Å². The maximum absolute atomic E-state index is 13.5. The maximum atomic E-state index is 13.5. The molecule has 3 aromatic carbocycles. The number of benzene rings is 3. The predicted molar refractivity (Wildman–Crippen MR) is 171 cm³/mol. The molecule has 1 aliphatic heterocycles. The fraction of sp³-hybridized carbons (Fsp3) is 0.242. The minimum Gasteiger partial charge on any atom is -0.507 e. The molecule has 7 rings (SSSR count). The molecule has 0 radical (unpaired) electrons. The number of anilines is 1. The first-order chi connectivity index (χ1) is 21.2. The quantitative estimate of drug-likeness (QED) is 0.103. The molecule has 2 aliphatic carbocycles. The van der Waals surface area contributed by atoms with Gasteiger partial charge in [-0.25, -0.2) is 9.78 Å². The van der Waals surface area contributed by atoms with Crippen LogP contribution < -0.4 is 4.90 Å². The average Bonchev–Trinajstić information content (AvgIpc) is 3.64. The molecule has 1 saturated heterocycles. The van der Waals surface area contributed by atoms with Crippen molar-refractivity contribution in [3.05, 3.63) is 88.9 Å². The van der Waals surface area contributed by atoms with Gasteiger partial charge in [-0.2, -0.15) is 0 Å². The molecule has 8 nitrogen and oxygen atoms in total. The third kappa shape index (κ3) is 4.57. The molecule has 222 valence electrons. The Balaban J connectivity index is 1.17. The predicted octanol–water partition coefficient (Wildman–Crippen LogP) is 6.58. The SMILES string of the molecule is O=C(COC(=O)c1cc(-c2ccc(N3C(=O)C4C5CC(C(Br)C5Br)C4C3=O)cc2)nc2c(Cl)cccc12)c1ccccc1O. The Labute approximate surface area is 273 Å². The highest BCUT2D eigenvalue weighted by Crippen LogP contribution is 2.60. The van der Waals surface area contributed by atoms with Crippen molar-refractivity contribution in [1.29, 1.82) is 0 Å². The molecule has 2 heterocycles. The fourth-order valence-electron chi connectivity index (χ4n) is 6.91. The van der Waals surface area contributed by atoms with E-state index in [2.05, 4.69) is 31.9 Å². The van der Waals surface area contributed by atoms with Crippen molar-refractivity contribution >= 4 is 83.6 Å². The number of Topliss-reactive ketones (excluding diaryl/α,β-unsaturated/α-hetero) is 1. The van der Waals surface area contributed by atoms with Crippen molar-refractivity contribution in [3.8, 4) is 17.0 Å². The molecule has 1 aromatic heterocycles. The Morgan fingerprint density at radius 1 is 0.909 bits per heavy atom. The number of phenolic OH excluding ortho intramolecular Hbond substituents is 1.